The quantitative estimate of drug-likeness (QED) is 0.705. The van der Waals surface area contributed by atoms with Gasteiger partial charge in [-0.25, -0.2) is 9.67 Å². The SMILES string of the molecule is CSCc1nc(CCNC(=O)c2cccc(-n3cccn3)c2)cs1. The molecule has 3 aromatic rings. The molecule has 0 aliphatic carbocycles. The minimum absolute atomic E-state index is 0.0800. The monoisotopic (exact) mass is 358 g/mol. The van der Waals surface area contributed by atoms with Crippen LogP contribution in [-0.4, -0.2) is 33.5 Å². The van der Waals surface area contributed by atoms with Crippen LogP contribution in [0, 0.1) is 0 Å². The molecule has 3 rings (SSSR count). The van der Waals surface area contributed by atoms with Crippen LogP contribution < -0.4 is 5.32 Å². The zero-order chi connectivity index (χ0) is 16.8. The highest BCUT2D eigenvalue weighted by Gasteiger charge is 2.08. The Hall–Kier alpha value is -2.12. The Kier molecular flexibility index (Phi) is 5.66. The van der Waals surface area contributed by atoms with E-state index in [4.69, 9.17) is 0 Å². The molecular formula is C17H18N4OS2. The van der Waals surface area contributed by atoms with Gasteiger partial charge < -0.3 is 5.32 Å². The molecule has 0 fully saturated rings. The van der Waals surface area contributed by atoms with Gasteiger partial charge in [0.15, 0.2) is 0 Å². The lowest BCUT2D eigenvalue weighted by atomic mass is 10.2. The van der Waals surface area contributed by atoms with Gasteiger partial charge >= 0.3 is 0 Å². The van der Waals surface area contributed by atoms with Crippen LogP contribution in [0.3, 0.4) is 0 Å². The molecule has 0 unspecified atom stereocenters. The normalized spacial score (nSPS) is 10.7. The second-order valence-corrected chi connectivity index (χ2v) is 6.98. The Labute approximate surface area is 149 Å². The van der Waals surface area contributed by atoms with Crippen LogP contribution in [0.25, 0.3) is 5.69 Å². The Balaban J connectivity index is 1.56. The van der Waals surface area contributed by atoms with Gasteiger partial charge in [0.1, 0.15) is 5.01 Å². The first-order valence-corrected chi connectivity index (χ1v) is 9.84. The number of carbonyl (C=O) groups is 1. The standard InChI is InChI=1S/C17H18N4OS2/c1-23-12-16-20-14(11-24-16)6-8-18-17(22)13-4-2-5-15(10-13)21-9-3-7-19-21/h2-5,7,9-11H,6,8,12H2,1H3,(H,18,22). The van der Waals surface area contributed by atoms with Gasteiger partial charge in [-0.3, -0.25) is 4.79 Å². The minimum atomic E-state index is -0.0800. The second-order valence-electron chi connectivity index (χ2n) is 5.17. The van der Waals surface area contributed by atoms with Crippen molar-refractivity contribution in [1.82, 2.24) is 20.1 Å². The second kappa shape index (κ2) is 8.12. The van der Waals surface area contributed by atoms with Crippen LogP contribution in [0.1, 0.15) is 21.1 Å². The number of rotatable bonds is 7. The molecule has 1 aromatic carbocycles. The molecule has 2 aromatic heterocycles. The summed E-state index contributed by atoms with van der Waals surface area (Å²) in [6.07, 6.45) is 6.38. The Morgan fingerprint density at radius 2 is 2.29 bits per heavy atom. The van der Waals surface area contributed by atoms with Crippen LogP contribution in [0.15, 0.2) is 48.1 Å². The third-order valence-corrected chi connectivity index (χ3v) is 5.05. The van der Waals surface area contributed by atoms with Crippen LogP contribution in [-0.2, 0) is 12.2 Å². The number of aromatic nitrogens is 3. The molecule has 0 bridgehead atoms. The lowest BCUT2D eigenvalue weighted by Gasteiger charge is -2.06. The number of hydrogen-bond acceptors (Lipinski definition) is 5. The summed E-state index contributed by atoms with van der Waals surface area (Å²) in [6, 6.07) is 9.28. The summed E-state index contributed by atoms with van der Waals surface area (Å²) in [6.45, 7) is 0.577. The molecule has 0 saturated carbocycles. The molecule has 0 saturated heterocycles. The molecule has 2 heterocycles. The molecule has 0 atom stereocenters. The molecule has 0 aliphatic rings. The number of amides is 1. The van der Waals surface area contributed by atoms with Crippen molar-refractivity contribution in [3.05, 3.63) is 64.4 Å². The van der Waals surface area contributed by atoms with Crippen molar-refractivity contribution < 1.29 is 4.79 Å². The molecule has 0 spiro atoms. The van der Waals surface area contributed by atoms with E-state index in [0.29, 0.717) is 12.1 Å². The lowest BCUT2D eigenvalue weighted by Crippen LogP contribution is -2.25. The summed E-state index contributed by atoms with van der Waals surface area (Å²) in [4.78, 5) is 16.9. The van der Waals surface area contributed by atoms with Gasteiger partial charge in [0.25, 0.3) is 5.91 Å². The van der Waals surface area contributed by atoms with Crippen molar-refractivity contribution in [3.8, 4) is 5.69 Å². The van der Waals surface area contributed by atoms with Crippen LogP contribution in [0.4, 0.5) is 0 Å². The van der Waals surface area contributed by atoms with Gasteiger partial charge in [-0.2, -0.15) is 16.9 Å². The van der Waals surface area contributed by atoms with Gasteiger partial charge in [0.05, 0.1) is 11.4 Å². The first kappa shape index (κ1) is 16.7. The van der Waals surface area contributed by atoms with E-state index in [0.717, 1.165) is 28.6 Å². The number of thiazole rings is 1. The van der Waals surface area contributed by atoms with Crippen LogP contribution in [0.2, 0.25) is 0 Å². The van der Waals surface area contributed by atoms with Gasteiger partial charge in [-0.15, -0.1) is 11.3 Å². The van der Waals surface area contributed by atoms with Crippen LogP contribution in [0.5, 0.6) is 0 Å². The number of nitrogens with zero attached hydrogens (tertiary/aromatic N) is 3. The van der Waals surface area contributed by atoms with E-state index in [2.05, 4.69) is 27.0 Å². The van der Waals surface area contributed by atoms with Gasteiger partial charge in [-0.1, -0.05) is 6.07 Å². The van der Waals surface area contributed by atoms with E-state index in [1.54, 1.807) is 34.0 Å². The molecule has 1 amide bonds. The molecule has 0 radical (unpaired) electrons. The fourth-order valence-corrected chi connectivity index (χ4v) is 3.82. The molecule has 24 heavy (non-hydrogen) atoms. The van der Waals surface area contributed by atoms with E-state index >= 15 is 0 Å². The van der Waals surface area contributed by atoms with E-state index in [-0.39, 0.29) is 5.91 Å². The first-order chi connectivity index (χ1) is 11.8. The maximum Gasteiger partial charge on any atom is 0.251 e. The lowest BCUT2D eigenvalue weighted by molar-refractivity contribution is 0.0954. The Morgan fingerprint density at radius 1 is 1.38 bits per heavy atom. The highest BCUT2D eigenvalue weighted by atomic mass is 32.2. The van der Waals surface area contributed by atoms with Crippen LogP contribution >= 0.6 is 23.1 Å². The van der Waals surface area contributed by atoms with Gasteiger partial charge in [0, 0.05) is 42.1 Å². The summed E-state index contributed by atoms with van der Waals surface area (Å²) in [5.41, 5.74) is 2.54. The van der Waals surface area contributed by atoms with Gasteiger partial charge in [0.2, 0.25) is 0 Å². The maximum absolute atomic E-state index is 12.3. The predicted molar refractivity (Wildman–Crippen MR) is 98.9 cm³/mol. The molecule has 7 heteroatoms. The topological polar surface area (TPSA) is 59.8 Å². The van der Waals surface area contributed by atoms with E-state index in [1.165, 1.54) is 0 Å². The average Bonchev–Trinajstić information content (AvgIpc) is 3.27. The Bertz CT molecular complexity index is 799. The summed E-state index contributed by atoms with van der Waals surface area (Å²) in [7, 11) is 0. The number of carbonyl (C=O) groups excluding carboxylic acids is 1. The Morgan fingerprint density at radius 3 is 3.08 bits per heavy atom. The summed E-state index contributed by atoms with van der Waals surface area (Å²) < 4.78 is 1.74. The molecule has 1 N–H and O–H groups in total. The highest BCUT2D eigenvalue weighted by molar-refractivity contribution is 7.97. The summed E-state index contributed by atoms with van der Waals surface area (Å²) >= 11 is 3.44. The molecule has 0 aliphatic heterocycles. The zero-order valence-electron chi connectivity index (χ0n) is 13.3. The first-order valence-electron chi connectivity index (χ1n) is 7.57. The number of nitrogens with one attached hydrogen (secondary N) is 1. The third-order valence-electron chi connectivity index (χ3n) is 3.41. The van der Waals surface area contributed by atoms with Crippen molar-refractivity contribution >= 4 is 29.0 Å². The maximum atomic E-state index is 12.3. The number of benzene rings is 1. The van der Waals surface area contributed by atoms with Crippen molar-refractivity contribution in [2.45, 2.75) is 12.2 Å². The summed E-state index contributed by atoms with van der Waals surface area (Å²) in [5, 5.41) is 10.3. The third kappa shape index (κ3) is 4.24. The minimum Gasteiger partial charge on any atom is -0.352 e. The van der Waals surface area contributed by atoms with E-state index in [1.807, 2.05) is 36.5 Å². The largest absolute Gasteiger partial charge is 0.352 e. The van der Waals surface area contributed by atoms with Gasteiger partial charge in [-0.05, 0) is 30.5 Å². The number of thioether (sulfide) groups is 1. The summed E-state index contributed by atoms with van der Waals surface area (Å²) in [5.74, 6) is 0.862. The van der Waals surface area contributed by atoms with Crippen molar-refractivity contribution in [2.75, 3.05) is 12.8 Å². The average molecular weight is 358 g/mol. The fourth-order valence-electron chi connectivity index (χ4n) is 2.27. The molecule has 5 nitrogen and oxygen atoms in total. The number of hydrogen-bond donors (Lipinski definition) is 1. The molecular weight excluding hydrogens is 340 g/mol. The van der Waals surface area contributed by atoms with E-state index < -0.39 is 0 Å². The zero-order valence-corrected chi connectivity index (χ0v) is 14.9. The van der Waals surface area contributed by atoms with Crippen molar-refractivity contribution in [3.63, 3.8) is 0 Å². The molecule has 124 valence electrons. The highest BCUT2D eigenvalue weighted by Crippen LogP contribution is 2.15. The smallest absolute Gasteiger partial charge is 0.251 e. The van der Waals surface area contributed by atoms with Crippen molar-refractivity contribution in [1.29, 1.82) is 0 Å². The van der Waals surface area contributed by atoms with E-state index in [9.17, 15) is 4.79 Å². The predicted octanol–water partition coefficient (Wildman–Crippen LogP) is 3.16. The fraction of sp³-hybridized carbons (Fsp3) is 0.235. The van der Waals surface area contributed by atoms with Crippen molar-refractivity contribution in [2.24, 2.45) is 0 Å².